The van der Waals surface area contributed by atoms with Gasteiger partial charge in [0.25, 0.3) is 0 Å². The molecule has 2 saturated heterocycles. The SMILES string of the molecule is OC[C@@H](O)[C@@H]1O[C@@H](O[C@H](CO)[C@@H]2O[C@H](O)[C@H](O)[C@H]2O)[C@H](O)[C@H]1O. The third kappa shape index (κ3) is 3.65. The molecule has 8 N–H and O–H groups in total. The van der Waals surface area contributed by atoms with Gasteiger partial charge in [-0.2, -0.15) is 0 Å². The van der Waals surface area contributed by atoms with Crippen molar-refractivity contribution in [3.8, 4) is 0 Å². The Morgan fingerprint density at radius 3 is 1.87 bits per heavy atom. The highest BCUT2D eigenvalue weighted by Gasteiger charge is 2.51. The van der Waals surface area contributed by atoms with Gasteiger partial charge in [-0.05, 0) is 0 Å². The van der Waals surface area contributed by atoms with Gasteiger partial charge in [-0.1, -0.05) is 0 Å². The molecule has 0 aliphatic carbocycles. The van der Waals surface area contributed by atoms with Crippen molar-refractivity contribution in [1.82, 2.24) is 0 Å². The van der Waals surface area contributed by atoms with E-state index in [-0.39, 0.29) is 0 Å². The van der Waals surface area contributed by atoms with Crippen molar-refractivity contribution in [1.29, 1.82) is 0 Å². The summed E-state index contributed by atoms with van der Waals surface area (Å²) < 4.78 is 15.2. The Bertz CT molecular complexity index is 382. The van der Waals surface area contributed by atoms with Crippen LogP contribution in [0.5, 0.6) is 0 Å². The Hall–Kier alpha value is -0.440. The monoisotopic (exact) mass is 342 g/mol. The molecular weight excluding hydrogens is 320 g/mol. The Morgan fingerprint density at radius 2 is 1.39 bits per heavy atom. The summed E-state index contributed by atoms with van der Waals surface area (Å²) in [7, 11) is 0. The lowest BCUT2D eigenvalue weighted by atomic mass is 10.1. The first-order valence-electron chi connectivity index (χ1n) is 7.08. The highest BCUT2D eigenvalue weighted by molar-refractivity contribution is 4.94. The van der Waals surface area contributed by atoms with Crippen LogP contribution < -0.4 is 0 Å². The number of hydrogen-bond donors (Lipinski definition) is 8. The fourth-order valence-electron chi connectivity index (χ4n) is 2.60. The molecule has 23 heavy (non-hydrogen) atoms. The first-order chi connectivity index (χ1) is 10.8. The number of aliphatic hydroxyl groups is 8. The van der Waals surface area contributed by atoms with Crippen LogP contribution in [0.4, 0.5) is 0 Å². The maximum Gasteiger partial charge on any atom is 0.187 e. The van der Waals surface area contributed by atoms with E-state index in [2.05, 4.69) is 0 Å². The second-order valence-corrected chi connectivity index (χ2v) is 5.53. The summed E-state index contributed by atoms with van der Waals surface area (Å²) in [6.45, 7) is -1.43. The van der Waals surface area contributed by atoms with Crippen LogP contribution in [-0.4, -0.2) is 115 Å². The standard InChI is InChI=1S/C12H22O11/c13-1-3(15)9-6(17)8(19)12(23-9)21-4(2-14)10-5(16)7(18)11(20)22-10/h3-20H,1-2H2/t3-,4-,5-,6-,7-,8-,9+,10+,11+,12-/m1/s1. The highest BCUT2D eigenvalue weighted by Crippen LogP contribution is 2.29. The van der Waals surface area contributed by atoms with Crippen molar-refractivity contribution >= 4 is 0 Å². The van der Waals surface area contributed by atoms with Gasteiger partial charge in [0.05, 0.1) is 13.2 Å². The number of hydrogen-bond acceptors (Lipinski definition) is 11. The lowest BCUT2D eigenvalue weighted by molar-refractivity contribution is -0.239. The zero-order valence-corrected chi connectivity index (χ0v) is 12.0. The molecule has 2 rings (SSSR count). The molecule has 11 heteroatoms. The molecule has 0 aromatic rings. The number of rotatable bonds is 6. The quantitative estimate of drug-likeness (QED) is 0.230. The van der Waals surface area contributed by atoms with E-state index in [0.29, 0.717) is 0 Å². The molecule has 0 saturated carbocycles. The molecule has 2 fully saturated rings. The molecule has 2 heterocycles. The summed E-state index contributed by atoms with van der Waals surface area (Å²) in [5, 5.41) is 75.8. The molecular formula is C12H22O11. The van der Waals surface area contributed by atoms with Gasteiger partial charge in [-0.25, -0.2) is 0 Å². The lowest BCUT2D eigenvalue weighted by Gasteiger charge is -2.27. The summed E-state index contributed by atoms with van der Waals surface area (Å²) >= 11 is 0. The van der Waals surface area contributed by atoms with Crippen molar-refractivity contribution in [3.63, 3.8) is 0 Å². The molecule has 0 aromatic carbocycles. The second-order valence-electron chi connectivity index (χ2n) is 5.53. The molecule has 0 radical (unpaired) electrons. The molecule has 0 spiro atoms. The minimum atomic E-state index is -1.67. The molecule has 2 aliphatic rings. The van der Waals surface area contributed by atoms with Crippen LogP contribution in [0.1, 0.15) is 0 Å². The normalized spacial score (nSPS) is 47.0. The van der Waals surface area contributed by atoms with Crippen LogP contribution in [0.2, 0.25) is 0 Å². The van der Waals surface area contributed by atoms with E-state index in [9.17, 15) is 35.7 Å². The maximum atomic E-state index is 9.85. The number of ether oxygens (including phenoxy) is 3. The first kappa shape index (κ1) is 18.9. The lowest BCUT2D eigenvalue weighted by Crippen LogP contribution is -2.46. The van der Waals surface area contributed by atoms with Crippen molar-refractivity contribution in [3.05, 3.63) is 0 Å². The minimum absolute atomic E-state index is 0.711. The van der Waals surface area contributed by atoms with Gasteiger partial charge in [-0.15, -0.1) is 0 Å². The smallest absolute Gasteiger partial charge is 0.187 e. The Labute approximate surface area is 130 Å². The van der Waals surface area contributed by atoms with Crippen molar-refractivity contribution in [2.45, 2.75) is 61.4 Å². The van der Waals surface area contributed by atoms with E-state index in [1.807, 2.05) is 0 Å². The first-order valence-corrected chi connectivity index (χ1v) is 7.08. The van der Waals surface area contributed by atoms with E-state index >= 15 is 0 Å². The molecule has 10 atom stereocenters. The zero-order chi connectivity index (χ0) is 17.3. The van der Waals surface area contributed by atoms with Crippen molar-refractivity contribution < 1.29 is 55.1 Å². The topological polar surface area (TPSA) is 190 Å². The molecule has 0 unspecified atom stereocenters. The maximum absolute atomic E-state index is 9.85. The van der Waals surface area contributed by atoms with Crippen LogP contribution in [0, 0.1) is 0 Å². The molecule has 11 nitrogen and oxygen atoms in total. The molecule has 0 aromatic heterocycles. The van der Waals surface area contributed by atoms with E-state index < -0.39 is 74.6 Å². The number of aliphatic hydroxyl groups excluding tert-OH is 8. The third-order valence-corrected chi connectivity index (χ3v) is 3.95. The van der Waals surface area contributed by atoms with E-state index in [1.165, 1.54) is 0 Å². The summed E-state index contributed by atoms with van der Waals surface area (Å²) in [6.07, 6.45) is -14.8. The van der Waals surface area contributed by atoms with Crippen LogP contribution in [0.15, 0.2) is 0 Å². The Balaban J connectivity index is 2.02. The van der Waals surface area contributed by atoms with Crippen LogP contribution in [-0.2, 0) is 14.2 Å². The predicted octanol–water partition coefficient (Wildman–Crippen LogP) is -5.40. The van der Waals surface area contributed by atoms with Crippen LogP contribution in [0.25, 0.3) is 0 Å². The van der Waals surface area contributed by atoms with Gasteiger partial charge < -0.3 is 55.1 Å². The molecule has 2 aliphatic heterocycles. The summed E-state index contributed by atoms with van der Waals surface area (Å²) in [4.78, 5) is 0. The fourth-order valence-corrected chi connectivity index (χ4v) is 2.60. The molecule has 136 valence electrons. The Kier molecular flexibility index (Phi) is 6.27. The van der Waals surface area contributed by atoms with Gasteiger partial charge in [0.2, 0.25) is 0 Å². The molecule has 0 amide bonds. The van der Waals surface area contributed by atoms with E-state index in [1.54, 1.807) is 0 Å². The summed E-state index contributed by atoms with van der Waals surface area (Å²) in [5.74, 6) is 0. The predicted molar refractivity (Wildman–Crippen MR) is 68.6 cm³/mol. The second kappa shape index (κ2) is 7.63. The summed E-state index contributed by atoms with van der Waals surface area (Å²) in [6, 6.07) is 0. The average molecular weight is 342 g/mol. The fraction of sp³-hybridized carbons (Fsp3) is 1.00. The van der Waals surface area contributed by atoms with Gasteiger partial charge in [-0.3, -0.25) is 0 Å². The van der Waals surface area contributed by atoms with Gasteiger partial charge in [0.1, 0.15) is 48.8 Å². The average Bonchev–Trinajstić information content (AvgIpc) is 2.96. The molecule has 0 bridgehead atoms. The van der Waals surface area contributed by atoms with Crippen LogP contribution in [0.3, 0.4) is 0 Å². The van der Waals surface area contributed by atoms with Gasteiger partial charge in [0, 0.05) is 0 Å². The van der Waals surface area contributed by atoms with Crippen LogP contribution >= 0.6 is 0 Å². The third-order valence-electron chi connectivity index (χ3n) is 3.95. The van der Waals surface area contributed by atoms with Gasteiger partial charge in [0.15, 0.2) is 12.6 Å². The largest absolute Gasteiger partial charge is 0.394 e. The van der Waals surface area contributed by atoms with E-state index in [0.717, 1.165) is 0 Å². The van der Waals surface area contributed by atoms with Crippen molar-refractivity contribution in [2.75, 3.05) is 13.2 Å². The summed E-state index contributed by atoms with van der Waals surface area (Å²) in [5.41, 5.74) is 0. The van der Waals surface area contributed by atoms with Gasteiger partial charge >= 0.3 is 0 Å². The van der Waals surface area contributed by atoms with Crippen molar-refractivity contribution in [2.24, 2.45) is 0 Å². The minimum Gasteiger partial charge on any atom is -0.394 e. The van der Waals surface area contributed by atoms with E-state index in [4.69, 9.17) is 19.3 Å². The Morgan fingerprint density at radius 1 is 0.783 bits per heavy atom. The zero-order valence-electron chi connectivity index (χ0n) is 12.0. The highest BCUT2D eigenvalue weighted by atomic mass is 16.7.